The second kappa shape index (κ2) is 4.58. The van der Waals surface area contributed by atoms with Crippen molar-refractivity contribution in [2.45, 2.75) is 0 Å². The van der Waals surface area contributed by atoms with Crippen LogP contribution in [-0.4, -0.2) is 17.0 Å². The molecule has 0 spiro atoms. The fourth-order valence-electron chi connectivity index (χ4n) is 0.732. The largest absolute Gasteiger partial charge is 0.298 e. The number of carbonyl (C=O) groups is 1. The maximum absolute atomic E-state index is 10.3. The molecule has 0 fully saturated rings. The summed E-state index contributed by atoms with van der Waals surface area (Å²) in [6.45, 7) is 0. The van der Waals surface area contributed by atoms with Crippen LogP contribution < -0.4 is 0 Å². The lowest BCUT2D eigenvalue weighted by Crippen LogP contribution is -1.84. The van der Waals surface area contributed by atoms with Gasteiger partial charge in [0.05, 0.1) is 5.75 Å². The van der Waals surface area contributed by atoms with Crippen LogP contribution in [0.4, 0.5) is 0 Å². The fourth-order valence-corrected chi connectivity index (χ4v) is 0.811. The van der Waals surface area contributed by atoms with Crippen molar-refractivity contribution >= 4 is 18.9 Å². The fraction of sp³-hybridized carbons (Fsp3) is 0.111. The van der Waals surface area contributed by atoms with E-state index >= 15 is 0 Å². The van der Waals surface area contributed by atoms with Gasteiger partial charge in [-0.1, -0.05) is 11.8 Å². The van der Waals surface area contributed by atoms with E-state index in [0.29, 0.717) is 11.3 Å². The van der Waals surface area contributed by atoms with E-state index in [4.69, 9.17) is 0 Å². The molecule has 0 bridgehead atoms. The Bertz CT molecular complexity index is 338. The Labute approximate surface area is 76.4 Å². The number of pyridine rings is 1. The van der Waals surface area contributed by atoms with Gasteiger partial charge in [-0.15, -0.1) is 0 Å². The molecule has 0 unspecified atom stereocenters. The number of aromatic nitrogens is 1. The molecular weight excluding hydrogens is 170 g/mol. The Morgan fingerprint density at radius 2 is 2.42 bits per heavy atom. The monoisotopic (exact) mass is 177 g/mol. The third kappa shape index (κ3) is 2.40. The first-order valence-corrected chi connectivity index (χ1v) is 4.00. The van der Waals surface area contributed by atoms with Crippen LogP contribution in [0, 0.1) is 11.8 Å². The van der Waals surface area contributed by atoms with Crippen LogP contribution in [0.3, 0.4) is 0 Å². The SMILES string of the molecule is O=Cc1cncc(C#CCS)c1. The minimum absolute atomic E-state index is 0.505. The molecule has 0 aromatic carbocycles. The third-order valence-corrected chi connectivity index (χ3v) is 1.37. The first-order valence-electron chi connectivity index (χ1n) is 3.37. The van der Waals surface area contributed by atoms with Crippen molar-refractivity contribution in [2.75, 3.05) is 5.75 Å². The average molecular weight is 177 g/mol. The highest BCUT2D eigenvalue weighted by Crippen LogP contribution is 1.97. The minimum atomic E-state index is 0.505. The second-order valence-corrected chi connectivity index (χ2v) is 2.40. The van der Waals surface area contributed by atoms with Gasteiger partial charge in [-0.25, -0.2) is 0 Å². The predicted octanol–water partition coefficient (Wildman–Crippen LogP) is 1.18. The molecule has 3 heteroatoms. The van der Waals surface area contributed by atoms with E-state index in [9.17, 15) is 4.79 Å². The van der Waals surface area contributed by atoms with Crippen LogP contribution in [0.15, 0.2) is 18.5 Å². The Morgan fingerprint density at radius 3 is 3.08 bits per heavy atom. The van der Waals surface area contributed by atoms with Gasteiger partial charge in [0.1, 0.15) is 0 Å². The third-order valence-electron chi connectivity index (χ3n) is 1.21. The first kappa shape index (κ1) is 8.82. The molecule has 0 atom stereocenters. The van der Waals surface area contributed by atoms with Gasteiger partial charge in [0.15, 0.2) is 6.29 Å². The molecule has 0 aliphatic carbocycles. The summed E-state index contributed by atoms with van der Waals surface area (Å²) in [7, 11) is 0. The lowest BCUT2D eigenvalue weighted by atomic mass is 10.2. The van der Waals surface area contributed by atoms with E-state index in [2.05, 4.69) is 29.5 Å². The van der Waals surface area contributed by atoms with E-state index in [1.165, 1.54) is 6.20 Å². The minimum Gasteiger partial charge on any atom is -0.298 e. The topological polar surface area (TPSA) is 30.0 Å². The Kier molecular flexibility index (Phi) is 3.36. The van der Waals surface area contributed by atoms with Crippen LogP contribution in [0.2, 0.25) is 0 Å². The van der Waals surface area contributed by atoms with Crippen molar-refractivity contribution in [3.63, 3.8) is 0 Å². The standard InChI is InChI=1S/C9H7NOS/c11-7-9-4-8(2-1-3-12)5-10-6-9/h4-7,12H,3H2. The maximum atomic E-state index is 10.3. The van der Waals surface area contributed by atoms with Crippen LogP contribution in [0.25, 0.3) is 0 Å². The number of hydrogen-bond acceptors (Lipinski definition) is 3. The van der Waals surface area contributed by atoms with Gasteiger partial charge in [-0.2, -0.15) is 12.6 Å². The van der Waals surface area contributed by atoms with Crippen LogP contribution in [0.5, 0.6) is 0 Å². The van der Waals surface area contributed by atoms with Gasteiger partial charge in [0.25, 0.3) is 0 Å². The number of hydrogen-bond donors (Lipinski definition) is 1. The summed E-state index contributed by atoms with van der Waals surface area (Å²) in [6, 6.07) is 1.69. The molecule has 0 N–H and O–H groups in total. The van der Waals surface area contributed by atoms with Crippen molar-refractivity contribution < 1.29 is 4.79 Å². The summed E-state index contributed by atoms with van der Waals surface area (Å²) in [5.74, 6) is 6.10. The average Bonchev–Trinajstić information content (AvgIpc) is 2.15. The zero-order valence-electron chi connectivity index (χ0n) is 6.32. The highest BCUT2D eigenvalue weighted by Gasteiger charge is 1.90. The van der Waals surface area contributed by atoms with Crippen molar-refractivity contribution in [2.24, 2.45) is 0 Å². The van der Waals surface area contributed by atoms with E-state index in [1.54, 1.807) is 12.3 Å². The van der Waals surface area contributed by atoms with Gasteiger partial charge in [0.2, 0.25) is 0 Å². The van der Waals surface area contributed by atoms with E-state index in [0.717, 1.165) is 11.8 Å². The summed E-state index contributed by atoms with van der Waals surface area (Å²) < 4.78 is 0. The Balaban J connectivity index is 2.93. The molecule has 0 radical (unpaired) electrons. The normalized spacial score (nSPS) is 8.42. The number of carbonyl (C=O) groups excluding carboxylic acids is 1. The molecule has 1 rings (SSSR count). The van der Waals surface area contributed by atoms with Gasteiger partial charge in [-0.05, 0) is 6.07 Å². The van der Waals surface area contributed by atoms with Gasteiger partial charge >= 0.3 is 0 Å². The molecule has 0 saturated carbocycles. The van der Waals surface area contributed by atoms with E-state index in [1.807, 2.05) is 0 Å². The summed E-state index contributed by atoms with van der Waals surface area (Å²) in [5, 5.41) is 0. The molecule has 0 aliphatic rings. The predicted molar refractivity (Wildman–Crippen MR) is 50.4 cm³/mol. The summed E-state index contributed by atoms with van der Waals surface area (Å²) in [4.78, 5) is 14.2. The lowest BCUT2D eigenvalue weighted by Gasteiger charge is -1.89. The quantitative estimate of drug-likeness (QED) is 0.396. The number of thiol groups is 1. The zero-order chi connectivity index (χ0) is 8.81. The number of rotatable bonds is 1. The zero-order valence-corrected chi connectivity index (χ0v) is 7.21. The molecule has 0 aliphatic heterocycles. The van der Waals surface area contributed by atoms with Crippen molar-refractivity contribution in [3.05, 3.63) is 29.6 Å². The van der Waals surface area contributed by atoms with Gasteiger partial charge in [0, 0.05) is 23.5 Å². The number of aldehydes is 1. The smallest absolute Gasteiger partial charge is 0.151 e. The molecule has 60 valence electrons. The summed E-state index contributed by atoms with van der Waals surface area (Å²) >= 11 is 3.94. The second-order valence-electron chi connectivity index (χ2n) is 2.08. The lowest BCUT2D eigenvalue weighted by molar-refractivity contribution is 0.112. The molecule has 2 nitrogen and oxygen atoms in total. The van der Waals surface area contributed by atoms with E-state index in [-0.39, 0.29) is 0 Å². The van der Waals surface area contributed by atoms with Crippen LogP contribution in [-0.2, 0) is 0 Å². The van der Waals surface area contributed by atoms with Gasteiger partial charge in [-0.3, -0.25) is 9.78 Å². The van der Waals surface area contributed by atoms with E-state index < -0.39 is 0 Å². The molecule has 12 heavy (non-hydrogen) atoms. The summed E-state index contributed by atoms with van der Waals surface area (Å²) in [5.41, 5.74) is 1.29. The van der Waals surface area contributed by atoms with Gasteiger partial charge < -0.3 is 0 Å². The van der Waals surface area contributed by atoms with Crippen LogP contribution >= 0.6 is 12.6 Å². The molecule has 1 aromatic heterocycles. The maximum Gasteiger partial charge on any atom is 0.151 e. The first-order chi connectivity index (χ1) is 5.86. The molecular formula is C9H7NOS. The summed E-state index contributed by atoms with van der Waals surface area (Å²) in [6.07, 6.45) is 3.86. The molecule has 1 heterocycles. The van der Waals surface area contributed by atoms with Crippen LogP contribution in [0.1, 0.15) is 15.9 Å². The van der Waals surface area contributed by atoms with Crippen molar-refractivity contribution in [3.8, 4) is 11.8 Å². The molecule has 1 aromatic rings. The highest BCUT2D eigenvalue weighted by atomic mass is 32.1. The van der Waals surface area contributed by atoms with Crippen molar-refractivity contribution in [1.29, 1.82) is 0 Å². The Morgan fingerprint density at radius 1 is 1.58 bits per heavy atom. The number of nitrogens with zero attached hydrogens (tertiary/aromatic N) is 1. The van der Waals surface area contributed by atoms with Crippen molar-refractivity contribution in [1.82, 2.24) is 4.98 Å². The highest BCUT2D eigenvalue weighted by molar-refractivity contribution is 7.80. The molecule has 0 saturated heterocycles. The Hall–Kier alpha value is -1.27. The molecule has 0 amide bonds.